The lowest BCUT2D eigenvalue weighted by Crippen LogP contribution is -2.00. The lowest BCUT2D eigenvalue weighted by Gasteiger charge is -1.91. The molecule has 0 aromatic rings. The van der Waals surface area contributed by atoms with Crippen molar-refractivity contribution < 1.29 is 4.92 Å². The van der Waals surface area contributed by atoms with E-state index in [9.17, 15) is 10.1 Å². The predicted molar refractivity (Wildman–Crippen MR) is 38.7 cm³/mol. The van der Waals surface area contributed by atoms with Crippen molar-refractivity contribution in [2.45, 2.75) is 13.3 Å². The Balaban J connectivity index is 4.34. The van der Waals surface area contributed by atoms with Crippen LogP contribution in [0.25, 0.3) is 0 Å². The summed E-state index contributed by atoms with van der Waals surface area (Å²) in [6.07, 6.45) is 1.63. The first-order chi connectivity index (χ1) is 4.57. The number of nitrogens with two attached hydrogens (primary N) is 1. The highest BCUT2D eigenvalue weighted by atomic mass is 16.6. The summed E-state index contributed by atoms with van der Waals surface area (Å²) >= 11 is 0. The van der Waals surface area contributed by atoms with Crippen LogP contribution in [0.5, 0.6) is 0 Å². The summed E-state index contributed by atoms with van der Waals surface area (Å²) < 4.78 is 0. The molecule has 56 valence electrons. The molecule has 0 rings (SSSR count). The molecule has 0 atom stereocenters. The summed E-state index contributed by atoms with van der Waals surface area (Å²) in [7, 11) is 0. The van der Waals surface area contributed by atoms with Crippen LogP contribution in [0.3, 0.4) is 0 Å². The number of hydrogen-bond acceptors (Lipinski definition) is 3. The topological polar surface area (TPSA) is 69.2 Å². The van der Waals surface area contributed by atoms with Crippen LogP contribution in [0.1, 0.15) is 13.3 Å². The number of hydrogen-bond donors (Lipinski definition) is 1. The third-order valence-corrected chi connectivity index (χ3v) is 0.949. The lowest BCUT2D eigenvalue weighted by atomic mass is 10.3. The van der Waals surface area contributed by atoms with Crippen molar-refractivity contribution >= 4 is 0 Å². The Kier molecular flexibility index (Phi) is 3.17. The predicted octanol–water partition coefficient (Wildman–Crippen LogP) is 1.03. The summed E-state index contributed by atoms with van der Waals surface area (Å²) in [6.45, 7) is 5.01. The van der Waals surface area contributed by atoms with Crippen molar-refractivity contribution in [1.82, 2.24) is 0 Å². The Morgan fingerprint density at radius 2 is 2.40 bits per heavy atom. The molecule has 0 saturated carbocycles. The number of rotatable bonds is 3. The second-order valence-corrected chi connectivity index (χ2v) is 1.82. The molecule has 2 N–H and O–H groups in total. The third kappa shape index (κ3) is 2.86. The maximum atomic E-state index is 10.1. The van der Waals surface area contributed by atoms with E-state index in [0.717, 1.165) is 0 Å². The molecule has 0 spiro atoms. The van der Waals surface area contributed by atoms with Crippen molar-refractivity contribution in [3.63, 3.8) is 0 Å². The first-order valence-electron chi connectivity index (χ1n) is 2.87. The van der Waals surface area contributed by atoms with Gasteiger partial charge in [-0.3, -0.25) is 10.1 Å². The maximum absolute atomic E-state index is 10.1. The van der Waals surface area contributed by atoms with Gasteiger partial charge in [0.05, 0.1) is 4.92 Å². The van der Waals surface area contributed by atoms with Crippen molar-refractivity contribution in [3.05, 3.63) is 34.2 Å². The fourth-order valence-electron chi connectivity index (χ4n) is 0.498. The summed E-state index contributed by atoms with van der Waals surface area (Å²) in [5.74, 6) is 0. The van der Waals surface area contributed by atoms with Gasteiger partial charge in [0, 0.05) is 18.2 Å². The van der Waals surface area contributed by atoms with E-state index in [-0.39, 0.29) is 11.4 Å². The smallest absolute Gasteiger partial charge is 0.247 e. The summed E-state index contributed by atoms with van der Waals surface area (Å²) in [6, 6.07) is 0. The van der Waals surface area contributed by atoms with Crippen molar-refractivity contribution in [3.8, 4) is 0 Å². The molecule has 0 unspecified atom stereocenters. The van der Waals surface area contributed by atoms with Gasteiger partial charge in [0.2, 0.25) is 5.70 Å². The monoisotopic (exact) mass is 142 g/mol. The highest BCUT2D eigenvalue weighted by Crippen LogP contribution is 2.01. The van der Waals surface area contributed by atoms with Gasteiger partial charge < -0.3 is 5.73 Å². The molecule has 0 amide bonds. The number of nitro groups is 1. The number of nitrogens with zero attached hydrogens (tertiary/aromatic N) is 1. The van der Waals surface area contributed by atoms with Crippen molar-refractivity contribution in [2.75, 3.05) is 0 Å². The van der Waals surface area contributed by atoms with E-state index >= 15 is 0 Å². The van der Waals surface area contributed by atoms with Crippen molar-refractivity contribution in [2.24, 2.45) is 5.73 Å². The summed E-state index contributed by atoms with van der Waals surface area (Å²) in [5.41, 5.74) is 5.44. The molecule has 0 aliphatic carbocycles. The highest BCUT2D eigenvalue weighted by molar-refractivity contribution is 5.12. The van der Waals surface area contributed by atoms with Gasteiger partial charge >= 0.3 is 0 Å². The largest absolute Gasteiger partial charge is 0.399 e. The Bertz CT molecular complexity index is 184. The van der Waals surface area contributed by atoms with Crippen LogP contribution in [0.15, 0.2) is 24.0 Å². The quantitative estimate of drug-likeness (QED) is 0.363. The maximum Gasteiger partial charge on any atom is 0.247 e. The van der Waals surface area contributed by atoms with E-state index in [1.165, 1.54) is 6.08 Å². The van der Waals surface area contributed by atoms with E-state index in [1.807, 2.05) is 0 Å². The van der Waals surface area contributed by atoms with Gasteiger partial charge in [-0.2, -0.15) is 0 Å². The fourth-order valence-corrected chi connectivity index (χ4v) is 0.498. The van der Waals surface area contributed by atoms with Crippen LogP contribution in [-0.4, -0.2) is 4.92 Å². The molecule has 0 heterocycles. The number of allylic oxidation sites excluding steroid dienone is 2. The van der Waals surface area contributed by atoms with Crippen molar-refractivity contribution in [1.29, 1.82) is 0 Å². The van der Waals surface area contributed by atoms with E-state index in [1.54, 1.807) is 6.92 Å². The van der Waals surface area contributed by atoms with Gasteiger partial charge in [-0.1, -0.05) is 13.5 Å². The van der Waals surface area contributed by atoms with Gasteiger partial charge in [0.25, 0.3) is 0 Å². The third-order valence-electron chi connectivity index (χ3n) is 0.949. The standard InChI is InChI=1S/C6H10N2O2/c1-3-6(8(9)10)4-5(2)7/h4H,2-3,7H2,1H3/b6-4+. The second kappa shape index (κ2) is 3.66. The lowest BCUT2D eigenvalue weighted by molar-refractivity contribution is -0.427. The Morgan fingerprint density at radius 3 is 2.50 bits per heavy atom. The van der Waals surface area contributed by atoms with E-state index in [4.69, 9.17) is 5.73 Å². The SMILES string of the molecule is C=C(N)/C=C(\CC)[N+](=O)[O-]. The van der Waals surface area contributed by atoms with Gasteiger partial charge in [0.1, 0.15) is 0 Å². The molecule has 0 aromatic heterocycles. The Labute approximate surface area is 59.2 Å². The molecule has 0 bridgehead atoms. The van der Waals surface area contributed by atoms with Crippen LogP contribution in [0.4, 0.5) is 0 Å². The first-order valence-corrected chi connectivity index (χ1v) is 2.87. The zero-order chi connectivity index (χ0) is 8.15. The molecule has 0 aliphatic heterocycles. The molecule has 0 aromatic carbocycles. The van der Waals surface area contributed by atoms with E-state index in [2.05, 4.69) is 6.58 Å². The zero-order valence-electron chi connectivity index (χ0n) is 5.83. The van der Waals surface area contributed by atoms with E-state index in [0.29, 0.717) is 6.42 Å². The van der Waals surface area contributed by atoms with E-state index < -0.39 is 4.92 Å². The van der Waals surface area contributed by atoms with Gasteiger partial charge in [-0.25, -0.2) is 0 Å². The molecule has 10 heavy (non-hydrogen) atoms. The summed E-state index contributed by atoms with van der Waals surface area (Å²) in [5, 5.41) is 10.1. The molecule has 0 saturated heterocycles. The van der Waals surface area contributed by atoms with Gasteiger partial charge in [-0.05, 0) is 0 Å². The minimum absolute atomic E-state index is 0.0903. The van der Waals surface area contributed by atoms with Crippen LogP contribution >= 0.6 is 0 Å². The fraction of sp³-hybridized carbons (Fsp3) is 0.333. The Hall–Kier alpha value is -1.32. The molecule has 4 heteroatoms. The first kappa shape index (κ1) is 8.68. The van der Waals surface area contributed by atoms with Gasteiger partial charge in [0.15, 0.2) is 0 Å². The summed E-state index contributed by atoms with van der Waals surface area (Å²) in [4.78, 5) is 9.65. The molecular weight excluding hydrogens is 132 g/mol. The van der Waals surface area contributed by atoms with Crippen LogP contribution < -0.4 is 5.73 Å². The minimum atomic E-state index is -0.460. The van der Waals surface area contributed by atoms with Crippen LogP contribution in [0.2, 0.25) is 0 Å². The molecular formula is C6H10N2O2. The average molecular weight is 142 g/mol. The molecule has 0 aliphatic rings. The molecule has 0 fully saturated rings. The average Bonchev–Trinajstić information content (AvgIpc) is 1.81. The normalized spacial score (nSPS) is 11.1. The Morgan fingerprint density at radius 1 is 1.90 bits per heavy atom. The minimum Gasteiger partial charge on any atom is -0.399 e. The van der Waals surface area contributed by atoms with Gasteiger partial charge in [-0.15, -0.1) is 0 Å². The highest BCUT2D eigenvalue weighted by Gasteiger charge is 2.05. The molecule has 0 radical (unpaired) electrons. The zero-order valence-corrected chi connectivity index (χ0v) is 5.83. The van der Waals surface area contributed by atoms with Crippen LogP contribution in [-0.2, 0) is 0 Å². The second-order valence-electron chi connectivity index (χ2n) is 1.82. The van der Waals surface area contributed by atoms with Crippen LogP contribution in [0, 0.1) is 10.1 Å². The molecule has 4 nitrogen and oxygen atoms in total.